The van der Waals surface area contributed by atoms with Crippen LogP contribution in [0.15, 0.2) is 71.9 Å². The molecular weight excluding hydrogens is 470 g/mol. The van der Waals surface area contributed by atoms with Crippen LogP contribution in [0.1, 0.15) is 21.6 Å². The zero-order chi connectivity index (χ0) is 25.0. The Hall–Kier alpha value is -4.62. The summed E-state index contributed by atoms with van der Waals surface area (Å²) in [6.45, 7) is 0. The summed E-state index contributed by atoms with van der Waals surface area (Å²) in [5.74, 6) is 5.32. The topological polar surface area (TPSA) is 128 Å². The number of aromatic carboxylic acids is 1. The van der Waals surface area contributed by atoms with Crippen molar-refractivity contribution in [3.05, 3.63) is 83.8 Å². The zero-order valence-corrected chi connectivity index (χ0v) is 19.5. The van der Waals surface area contributed by atoms with Crippen LogP contribution in [0.4, 0.5) is 5.69 Å². The Morgan fingerprint density at radius 3 is 2.43 bits per heavy atom. The number of rotatable bonds is 6. The number of hydrogen-bond donors (Lipinski definition) is 2. The smallest absolute Gasteiger partial charge is 0.354 e. The van der Waals surface area contributed by atoms with E-state index >= 15 is 0 Å². The van der Waals surface area contributed by atoms with Crippen LogP contribution < -0.4 is 14.2 Å². The molecule has 0 fully saturated rings. The predicted octanol–water partition coefficient (Wildman–Crippen LogP) is 3.55. The third-order valence-corrected chi connectivity index (χ3v) is 6.41. The largest absolute Gasteiger partial charge is 0.496 e. The van der Waals surface area contributed by atoms with Gasteiger partial charge in [0.1, 0.15) is 16.4 Å². The van der Waals surface area contributed by atoms with Crippen molar-refractivity contribution in [2.75, 3.05) is 18.9 Å². The second-order valence-electron chi connectivity index (χ2n) is 7.14. The minimum atomic E-state index is -4.04. The van der Waals surface area contributed by atoms with Gasteiger partial charge in [0.15, 0.2) is 5.69 Å². The molecule has 4 rings (SSSR count). The van der Waals surface area contributed by atoms with E-state index in [2.05, 4.69) is 26.5 Å². The van der Waals surface area contributed by atoms with Crippen LogP contribution in [-0.2, 0) is 10.0 Å². The summed E-state index contributed by atoms with van der Waals surface area (Å²) in [4.78, 5) is 19.2. The van der Waals surface area contributed by atoms with Crippen LogP contribution in [0, 0.1) is 11.8 Å². The van der Waals surface area contributed by atoms with Crippen molar-refractivity contribution < 1.29 is 27.8 Å². The highest BCUT2D eigenvalue weighted by atomic mass is 32.2. The van der Waals surface area contributed by atoms with Gasteiger partial charge in [-0.2, -0.15) is 0 Å². The molecule has 2 heterocycles. The Morgan fingerprint density at radius 1 is 0.943 bits per heavy atom. The van der Waals surface area contributed by atoms with Gasteiger partial charge in [-0.1, -0.05) is 24.0 Å². The highest BCUT2D eigenvalue weighted by Crippen LogP contribution is 2.30. The SMILES string of the molecule is COc1cc(C(=O)O)ncc1C#Cc1ccccc1NS(=O)(=O)c1ccc(OC)c2cccnc12. The lowest BCUT2D eigenvalue weighted by atomic mass is 10.1. The molecule has 0 spiro atoms. The molecule has 0 aliphatic heterocycles. The minimum absolute atomic E-state index is 0.00760. The van der Waals surface area contributed by atoms with Gasteiger partial charge in [0, 0.05) is 29.4 Å². The molecule has 0 saturated carbocycles. The summed E-state index contributed by atoms with van der Waals surface area (Å²) in [6, 6.07) is 14.3. The summed E-state index contributed by atoms with van der Waals surface area (Å²) >= 11 is 0. The fraction of sp³-hybridized carbons (Fsp3) is 0.0800. The van der Waals surface area contributed by atoms with Crippen molar-refractivity contribution in [3.63, 3.8) is 0 Å². The van der Waals surface area contributed by atoms with E-state index in [4.69, 9.17) is 14.6 Å². The number of carboxylic acid groups (broad SMARTS) is 1. The Balaban J connectivity index is 1.72. The summed E-state index contributed by atoms with van der Waals surface area (Å²) in [7, 11) is -1.14. The molecule has 0 bridgehead atoms. The lowest BCUT2D eigenvalue weighted by Gasteiger charge is -2.13. The molecule has 2 N–H and O–H groups in total. The van der Waals surface area contributed by atoms with Gasteiger partial charge in [0.2, 0.25) is 0 Å². The Labute approximate surface area is 201 Å². The van der Waals surface area contributed by atoms with Gasteiger partial charge in [-0.25, -0.2) is 18.2 Å². The van der Waals surface area contributed by atoms with Gasteiger partial charge in [0.25, 0.3) is 10.0 Å². The summed E-state index contributed by atoms with van der Waals surface area (Å²) < 4.78 is 39.8. The lowest BCUT2D eigenvalue weighted by molar-refractivity contribution is 0.0690. The van der Waals surface area contributed by atoms with Crippen LogP contribution in [0.5, 0.6) is 11.5 Å². The number of sulfonamides is 1. The van der Waals surface area contributed by atoms with Crippen LogP contribution in [0.3, 0.4) is 0 Å². The minimum Gasteiger partial charge on any atom is -0.496 e. The number of ether oxygens (including phenoxy) is 2. The van der Waals surface area contributed by atoms with E-state index in [1.165, 1.54) is 38.7 Å². The van der Waals surface area contributed by atoms with E-state index < -0.39 is 16.0 Å². The number of carbonyl (C=O) groups is 1. The number of carboxylic acids is 1. The van der Waals surface area contributed by atoms with E-state index in [9.17, 15) is 13.2 Å². The van der Waals surface area contributed by atoms with Gasteiger partial charge >= 0.3 is 5.97 Å². The zero-order valence-electron chi connectivity index (χ0n) is 18.6. The first-order valence-corrected chi connectivity index (χ1v) is 11.7. The molecule has 9 nitrogen and oxygen atoms in total. The van der Waals surface area contributed by atoms with E-state index in [0.29, 0.717) is 22.3 Å². The van der Waals surface area contributed by atoms with Gasteiger partial charge in [0.05, 0.1) is 31.0 Å². The molecule has 4 aromatic rings. The van der Waals surface area contributed by atoms with Crippen molar-refractivity contribution in [1.29, 1.82) is 0 Å². The molecular formula is C25H19N3O6S. The summed E-state index contributed by atoms with van der Waals surface area (Å²) in [6.07, 6.45) is 2.80. The van der Waals surface area contributed by atoms with Crippen LogP contribution in [0.2, 0.25) is 0 Å². The monoisotopic (exact) mass is 489 g/mol. The van der Waals surface area contributed by atoms with Gasteiger partial charge in [-0.3, -0.25) is 9.71 Å². The number of methoxy groups -OCH3 is 2. The molecule has 0 saturated heterocycles. The second kappa shape index (κ2) is 9.70. The van der Waals surface area contributed by atoms with Crippen molar-refractivity contribution in [2.24, 2.45) is 0 Å². The highest BCUT2D eigenvalue weighted by Gasteiger charge is 2.21. The summed E-state index contributed by atoms with van der Waals surface area (Å²) in [5.41, 5.74) is 1.10. The second-order valence-corrected chi connectivity index (χ2v) is 8.79. The van der Waals surface area contributed by atoms with Gasteiger partial charge in [-0.05, 0) is 36.4 Å². The molecule has 0 aliphatic carbocycles. The van der Waals surface area contributed by atoms with Gasteiger partial charge in [-0.15, -0.1) is 0 Å². The van der Waals surface area contributed by atoms with Crippen molar-refractivity contribution in [3.8, 4) is 23.3 Å². The molecule has 2 aromatic heterocycles. The fourth-order valence-electron chi connectivity index (χ4n) is 3.35. The van der Waals surface area contributed by atoms with E-state index in [1.807, 2.05) is 0 Å². The predicted molar refractivity (Wildman–Crippen MR) is 129 cm³/mol. The third kappa shape index (κ3) is 4.85. The molecule has 0 aliphatic rings. The number of nitrogens with one attached hydrogen (secondary N) is 1. The first-order chi connectivity index (χ1) is 16.8. The van der Waals surface area contributed by atoms with E-state index in [1.54, 1.807) is 42.5 Å². The number of fused-ring (bicyclic) bond motifs is 1. The maximum Gasteiger partial charge on any atom is 0.354 e. The Kier molecular flexibility index (Phi) is 6.53. The number of benzene rings is 2. The molecule has 0 atom stereocenters. The van der Waals surface area contributed by atoms with E-state index in [-0.39, 0.29) is 27.5 Å². The van der Waals surface area contributed by atoms with Crippen molar-refractivity contribution in [1.82, 2.24) is 9.97 Å². The normalized spacial score (nSPS) is 10.8. The number of hydrogen-bond acceptors (Lipinski definition) is 7. The van der Waals surface area contributed by atoms with Crippen LogP contribution >= 0.6 is 0 Å². The Morgan fingerprint density at radius 2 is 1.69 bits per heavy atom. The molecule has 176 valence electrons. The number of anilines is 1. The van der Waals surface area contributed by atoms with E-state index in [0.717, 1.165) is 0 Å². The first-order valence-electron chi connectivity index (χ1n) is 10.2. The molecule has 35 heavy (non-hydrogen) atoms. The number of nitrogens with zero attached hydrogens (tertiary/aromatic N) is 2. The van der Waals surface area contributed by atoms with Crippen molar-refractivity contribution >= 4 is 32.6 Å². The molecule has 2 aromatic carbocycles. The van der Waals surface area contributed by atoms with Gasteiger partial charge < -0.3 is 14.6 Å². The Bertz CT molecular complexity index is 1610. The number of para-hydroxylation sites is 1. The maximum absolute atomic E-state index is 13.3. The standard InChI is InChI=1S/C25H19N3O6S/c1-33-21-11-12-23(24-18(21)7-5-13-26-24)35(31,32)28-19-8-4-3-6-16(19)9-10-17-15-27-20(25(29)30)14-22(17)34-2/h3-8,11-15,28H,1-2H3,(H,29,30). The molecule has 0 amide bonds. The molecule has 10 heteroatoms. The quantitative estimate of drug-likeness (QED) is 0.394. The van der Waals surface area contributed by atoms with Crippen molar-refractivity contribution in [2.45, 2.75) is 4.90 Å². The number of pyridine rings is 2. The fourth-order valence-corrected chi connectivity index (χ4v) is 4.59. The lowest BCUT2D eigenvalue weighted by Crippen LogP contribution is -2.14. The van der Waals surface area contributed by atoms with Crippen LogP contribution in [-0.4, -0.2) is 43.7 Å². The first kappa shape index (κ1) is 23.5. The van der Waals surface area contributed by atoms with Crippen LogP contribution in [0.25, 0.3) is 10.9 Å². The summed E-state index contributed by atoms with van der Waals surface area (Å²) in [5, 5.41) is 9.67. The molecule has 0 unspecified atom stereocenters. The molecule has 0 radical (unpaired) electrons. The highest BCUT2D eigenvalue weighted by molar-refractivity contribution is 7.93. The average Bonchev–Trinajstić information content (AvgIpc) is 2.87. The number of aromatic nitrogens is 2. The maximum atomic E-state index is 13.3. The third-order valence-electron chi connectivity index (χ3n) is 5.01. The average molecular weight is 490 g/mol.